The normalized spacial score (nSPS) is 14.7. The minimum absolute atomic E-state index is 0.0938. The summed E-state index contributed by atoms with van der Waals surface area (Å²) in [6, 6.07) is 15.5. The third-order valence-corrected chi connectivity index (χ3v) is 6.36. The van der Waals surface area contributed by atoms with Crippen molar-refractivity contribution in [1.29, 1.82) is 0 Å². The average molecular weight is 476 g/mol. The molecule has 1 amide bonds. The van der Waals surface area contributed by atoms with Crippen LogP contribution in [0.2, 0.25) is 0 Å². The molecule has 7 heteroatoms. The van der Waals surface area contributed by atoms with E-state index in [1.54, 1.807) is 19.5 Å². The molecule has 1 N–H and O–H groups in total. The minimum atomic E-state index is -0.307. The fraction of sp³-hybridized carbons (Fsp3) is 0.357. The number of nitrogens with zero attached hydrogens (tertiary/aromatic N) is 2. The SMILES string of the molecule is CCN(CC)CCOc1cc(-c2ccncc2)ccc1NC(=O)C1COc2ccc(OC)cc2C1. The standard InChI is InChI=1S/C28H33N3O4/c1-4-31(5-2)14-15-34-27-18-21(20-10-12-29-13-11-20)6-8-25(27)30-28(32)23-16-22-17-24(33-3)7-9-26(22)35-19-23/h6-13,17-18,23H,4-5,14-16,19H2,1-3H3,(H,30,32). The molecule has 184 valence electrons. The molecule has 3 aromatic rings. The van der Waals surface area contributed by atoms with E-state index in [2.05, 4.69) is 29.0 Å². The number of pyridine rings is 1. The van der Waals surface area contributed by atoms with E-state index in [1.165, 1.54) is 0 Å². The van der Waals surface area contributed by atoms with Gasteiger partial charge in [0.2, 0.25) is 5.91 Å². The zero-order valence-electron chi connectivity index (χ0n) is 20.6. The van der Waals surface area contributed by atoms with E-state index >= 15 is 0 Å². The first kappa shape index (κ1) is 24.5. The minimum Gasteiger partial charge on any atom is -0.497 e. The van der Waals surface area contributed by atoms with Crippen LogP contribution in [0.25, 0.3) is 11.1 Å². The summed E-state index contributed by atoms with van der Waals surface area (Å²) in [7, 11) is 1.63. The number of rotatable bonds is 10. The zero-order valence-corrected chi connectivity index (χ0v) is 20.6. The van der Waals surface area contributed by atoms with Crippen LogP contribution in [0.1, 0.15) is 19.4 Å². The molecule has 0 saturated heterocycles. The first-order valence-corrected chi connectivity index (χ1v) is 12.1. The van der Waals surface area contributed by atoms with Crippen LogP contribution in [-0.2, 0) is 11.2 Å². The molecule has 1 atom stereocenters. The van der Waals surface area contributed by atoms with E-state index in [9.17, 15) is 4.79 Å². The van der Waals surface area contributed by atoms with Gasteiger partial charge in [0.15, 0.2) is 0 Å². The average Bonchev–Trinajstić information content (AvgIpc) is 2.91. The number of nitrogens with one attached hydrogen (secondary N) is 1. The van der Waals surface area contributed by atoms with Crippen LogP contribution in [0.5, 0.6) is 17.2 Å². The lowest BCUT2D eigenvalue weighted by molar-refractivity contribution is -0.121. The molecule has 1 unspecified atom stereocenters. The van der Waals surface area contributed by atoms with Crippen LogP contribution < -0.4 is 19.5 Å². The molecule has 35 heavy (non-hydrogen) atoms. The maximum absolute atomic E-state index is 13.2. The second kappa shape index (κ2) is 11.7. The summed E-state index contributed by atoms with van der Waals surface area (Å²) in [6.45, 7) is 7.89. The molecule has 0 spiro atoms. The highest BCUT2D eigenvalue weighted by Gasteiger charge is 2.27. The highest BCUT2D eigenvalue weighted by Crippen LogP contribution is 2.34. The molecular weight excluding hydrogens is 442 g/mol. The Balaban J connectivity index is 1.51. The van der Waals surface area contributed by atoms with Gasteiger partial charge in [-0.15, -0.1) is 0 Å². The maximum atomic E-state index is 13.2. The van der Waals surface area contributed by atoms with E-state index in [1.807, 2.05) is 48.5 Å². The predicted octanol–water partition coefficient (Wildman–Crippen LogP) is 4.67. The molecule has 7 nitrogen and oxygen atoms in total. The molecule has 4 rings (SSSR count). The molecule has 0 fully saturated rings. The van der Waals surface area contributed by atoms with Gasteiger partial charge in [0.1, 0.15) is 30.5 Å². The molecule has 2 heterocycles. The second-order valence-corrected chi connectivity index (χ2v) is 8.50. The molecule has 2 aromatic carbocycles. The number of benzene rings is 2. The quantitative estimate of drug-likeness (QED) is 0.460. The van der Waals surface area contributed by atoms with Crippen molar-refractivity contribution in [3.05, 3.63) is 66.5 Å². The fourth-order valence-electron chi connectivity index (χ4n) is 4.19. The molecule has 1 aliphatic heterocycles. The number of amides is 1. The van der Waals surface area contributed by atoms with E-state index in [4.69, 9.17) is 14.2 Å². The van der Waals surface area contributed by atoms with Gasteiger partial charge in [-0.2, -0.15) is 0 Å². The van der Waals surface area contributed by atoms with Crippen LogP contribution in [0.3, 0.4) is 0 Å². The van der Waals surface area contributed by atoms with Crippen molar-refractivity contribution >= 4 is 11.6 Å². The number of methoxy groups -OCH3 is 1. The van der Waals surface area contributed by atoms with E-state index in [-0.39, 0.29) is 11.8 Å². The molecule has 0 saturated carbocycles. The lowest BCUT2D eigenvalue weighted by Crippen LogP contribution is -2.33. The maximum Gasteiger partial charge on any atom is 0.231 e. The van der Waals surface area contributed by atoms with Gasteiger partial charge in [0.25, 0.3) is 0 Å². The van der Waals surface area contributed by atoms with Gasteiger partial charge in [-0.25, -0.2) is 0 Å². The number of hydrogen-bond acceptors (Lipinski definition) is 6. The van der Waals surface area contributed by atoms with Crippen molar-refractivity contribution in [1.82, 2.24) is 9.88 Å². The van der Waals surface area contributed by atoms with E-state index in [0.717, 1.165) is 47.8 Å². The fourth-order valence-corrected chi connectivity index (χ4v) is 4.19. The molecule has 0 radical (unpaired) electrons. The Labute approximate surface area is 207 Å². The second-order valence-electron chi connectivity index (χ2n) is 8.50. The molecular formula is C28H33N3O4. The largest absolute Gasteiger partial charge is 0.497 e. The topological polar surface area (TPSA) is 72.9 Å². The lowest BCUT2D eigenvalue weighted by Gasteiger charge is -2.25. The van der Waals surface area contributed by atoms with Crippen molar-refractivity contribution in [3.8, 4) is 28.4 Å². The van der Waals surface area contributed by atoms with E-state index < -0.39 is 0 Å². The molecule has 0 bridgehead atoms. The van der Waals surface area contributed by atoms with Crippen LogP contribution in [0.15, 0.2) is 60.9 Å². The predicted molar refractivity (Wildman–Crippen MR) is 137 cm³/mol. The van der Waals surface area contributed by atoms with Crippen LogP contribution in [-0.4, -0.2) is 55.7 Å². The highest BCUT2D eigenvalue weighted by atomic mass is 16.5. The Kier molecular flexibility index (Phi) is 8.21. The lowest BCUT2D eigenvalue weighted by atomic mass is 9.95. The number of fused-ring (bicyclic) bond motifs is 1. The number of aromatic nitrogens is 1. The number of ether oxygens (including phenoxy) is 3. The van der Waals surface area contributed by atoms with Crippen LogP contribution in [0.4, 0.5) is 5.69 Å². The van der Waals surface area contributed by atoms with Crippen molar-refractivity contribution in [3.63, 3.8) is 0 Å². The number of carbonyl (C=O) groups is 1. The van der Waals surface area contributed by atoms with Gasteiger partial charge in [-0.3, -0.25) is 9.78 Å². The van der Waals surface area contributed by atoms with Gasteiger partial charge < -0.3 is 24.4 Å². The van der Waals surface area contributed by atoms with Gasteiger partial charge >= 0.3 is 0 Å². The van der Waals surface area contributed by atoms with Crippen LogP contribution >= 0.6 is 0 Å². The molecule has 0 aliphatic carbocycles. The third-order valence-electron chi connectivity index (χ3n) is 6.36. The third kappa shape index (κ3) is 6.11. The van der Waals surface area contributed by atoms with Gasteiger partial charge in [0, 0.05) is 18.9 Å². The summed E-state index contributed by atoms with van der Waals surface area (Å²) in [5, 5.41) is 3.08. The molecule has 1 aromatic heterocycles. The summed E-state index contributed by atoms with van der Waals surface area (Å²) in [5.74, 6) is 1.81. The molecule has 1 aliphatic rings. The summed E-state index contributed by atoms with van der Waals surface area (Å²) in [5.41, 5.74) is 3.67. The zero-order chi connectivity index (χ0) is 24.6. The Bertz CT molecular complexity index is 1130. The Morgan fingerprint density at radius 3 is 2.63 bits per heavy atom. The Hall–Kier alpha value is -3.58. The summed E-state index contributed by atoms with van der Waals surface area (Å²) >= 11 is 0. The highest BCUT2D eigenvalue weighted by molar-refractivity contribution is 5.95. The number of likely N-dealkylation sites (N-methyl/N-ethyl adjacent to an activating group) is 1. The van der Waals surface area contributed by atoms with Crippen molar-refractivity contribution in [2.24, 2.45) is 5.92 Å². The monoisotopic (exact) mass is 475 g/mol. The number of hydrogen-bond donors (Lipinski definition) is 1. The van der Waals surface area contributed by atoms with Crippen LogP contribution in [0, 0.1) is 5.92 Å². The first-order chi connectivity index (χ1) is 17.1. The van der Waals surface area contributed by atoms with Gasteiger partial charge in [-0.1, -0.05) is 19.9 Å². The Morgan fingerprint density at radius 1 is 1.09 bits per heavy atom. The van der Waals surface area contributed by atoms with E-state index in [0.29, 0.717) is 31.1 Å². The number of carbonyl (C=O) groups excluding carboxylic acids is 1. The van der Waals surface area contributed by atoms with Crippen molar-refractivity contribution in [2.75, 3.05) is 45.3 Å². The Morgan fingerprint density at radius 2 is 1.89 bits per heavy atom. The van der Waals surface area contributed by atoms with Gasteiger partial charge in [0.05, 0.1) is 18.7 Å². The number of anilines is 1. The summed E-state index contributed by atoms with van der Waals surface area (Å²) < 4.78 is 17.4. The first-order valence-electron chi connectivity index (χ1n) is 12.1. The summed E-state index contributed by atoms with van der Waals surface area (Å²) in [6.07, 6.45) is 4.12. The van der Waals surface area contributed by atoms with Gasteiger partial charge in [-0.05, 0) is 78.7 Å². The summed E-state index contributed by atoms with van der Waals surface area (Å²) in [4.78, 5) is 19.6. The van der Waals surface area contributed by atoms with Crippen molar-refractivity contribution < 1.29 is 19.0 Å². The van der Waals surface area contributed by atoms with Crippen molar-refractivity contribution in [2.45, 2.75) is 20.3 Å². The smallest absolute Gasteiger partial charge is 0.231 e.